The van der Waals surface area contributed by atoms with Gasteiger partial charge in [-0.15, -0.1) is 0 Å². The number of allylic oxidation sites excluding steroid dienone is 3. The van der Waals surface area contributed by atoms with Crippen LogP contribution in [-0.4, -0.2) is 7.11 Å². The van der Waals surface area contributed by atoms with E-state index in [2.05, 4.69) is 48.0 Å². The van der Waals surface area contributed by atoms with E-state index < -0.39 is 0 Å². The number of hydrogen-bond donors (Lipinski definition) is 0. The van der Waals surface area contributed by atoms with Crippen molar-refractivity contribution in [1.82, 2.24) is 0 Å². The summed E-state index contributed by atoms with van der Waals surface area (Å²) in [4.78, 5) is 2.24. The van der Waals surface area contributed by atoms with E-state index in [9.17, 15) is 0 Å². The lowest BCUT2D eigenvalue weighted by atomic mass is 9.85. The second-order valence-corrected chi connectivity index (χ2v) is 7.10. The van der Waals surface area contributed by atoms with Gasteiger partial charge in [-0.3, -0.25) is 0 Å². The van der Waals surface area contributed by atoms with Gasteiger partial charge in [0.15, 0.2) is 0 Å². The molecule has 3 heteroatoms. The zero-order chi connectivity index (χ0) is 18.1. The van der Waals surface area contributed by atoms with Crippen LogP contribution >= 0.6 is 11.6 Å². The maximum absolute atomic E-state index is 6.63. The lowest BCUT2D eigenvalue weighted by molar-refractivity contribution is 0.304. The largest absolute Gasteiger partial charge is 0.496 e. The molecule has 1 aliphatic carbocycles. The molecule has 2 nitrogen and oxygen atoms in total. The lowest BCUT2D eigenvalue weighted by Crippen LogP contribution is -2.17. The maximum atomic E-state index is 6.63. The third-order valence-corrected chi connectivity index (χ3v) is 5.45. The molecule has 0 N–H and O–H groups in total. The van der Waals surface area contributed by atoms with E-state index in [0.717, 1.165) is 41.1 Å². The quantitative estimate of drug-likeness (QED) is 0.577. The normalized spacial score (nSPS) is 21.8. The molecule has 0 atom stereocenters. The predicted octanol–water partition coefficient (Wildman–Crippen LogP) is 6.86. The van der Waals surface area contributed by atoms with Gasteiger partial charge in [0.2, 0.25) is 0 Å². The summed E-state index contributed by atoms with van der Waals surface area (Å²) in [6.45, 7) is 4.37. The van der Waals surface area contributed by atoms with E-state index in [-0.39, 0.29) is 0 Å². The molecular formula is C23H22ClNO. The third kappa shape index (κ3) is 2.85. The molecule has 4 rings (SSSR count). The Kier molecular flexibility index (Phi) is 4.60. The fourth-order valence-electron chi connectivity index (χ4n) is 3.91. The van der Waals surface area contributed by atoms with E-state index in [0.29, 0.717) is 5.02 Å². The van der Waals surface area contributed by atoms with Gasteiger partial charge in [0.25, 0.3) is 0 Å². The van der Waals surface area contributed by atoms with E-state index in [4.69, 9.17) is 16.3 Å². The summed E-state index contributed by atoms with van der Waals surface area (Å²) in [6.07, 6.45) is 6.69. The van der Waals surface area contributed by atoms with Crippen molar-refractivity contribution in [1.29, 1.82) is 0 Å². The van der Waals surface area contributed by atoms with Crippen molar-refractivity contribution >= 4 is 28.5 Å². The minimum Gasteiger partial charge on any atom is -0.496 e. The van der Waals surface area contributed by atoms with Crippen molar-refractivity contribution in [2.24, 2.45) is 0 Å². The highest BCUT2D eigenvalue weighted by atomic mass is 35.5. The molecule has 1 fully saturated rings. The zero-order valence-electron chi connectivity index (χ0n) is 15.0. The minimum atomic E-state index is 0.691. The van der Waals surface area contributed by atoms with Crippen molar-refractivity contribution < 1.29 is 4.74 Å². The first kappa shape index (κ1) is 17.0. The lowest BCUT2D eigenvalue weighted by Gasteiger charge is -2.32. The van der Waals surface area contributed by atoms with Gasteiger partial charge in [0, 0.05) is 23.0 Å². The number of para-hydroxylation sites is 1. The second kappa shape index (κ2) is 7.05. The van der Waals surface area contributed by atoms with Crippen LogP contribution in [0.1, 0.15) is 31.2 Å². The number of fused-ring (bicyclic) bond motifs is 2. The van der Waals surface area contributed by atoms with Crippen molar-refractivity contribution in [3.05, 3.63) is 88.8 Å². The highest BCUT2D eigenvalue weighted by Crippen LogP contribution is 2.45. The number of methoxy groups -OCH3 is 1. The van der Waals surface area contributed by atoms with Crippen LogP contribution in [0.15, 0.2) is 78.2 Å². The topological polar surface area (TPSA) is 12.5 Å². The number of halogens is 1. The standard InChI is InChI=1S/C23H22ClNO/c1-16-22-20(24)13-8-14-21(22)25(18-10-4-3-5-11-18)15-17-9-6-7-12-19(17)23(16)26-2/h3-5,8,10-11,13-15H,1,6-7,9,12H2,2H3/b17-15-,23-19+. The van der Waals surface area contributed by atoms with Crippen molar-refractivity contribution in [3.8, 4) is 0 Å². The van der Waals surface area contributed by atoms with Crippen molar-refractivity contribution in [2.45, 2.75) is 25.7 Å². The monoisotopic (exact) mass is 363 g/mol. The Labute approximate surface area is 160 Å². The summed E-state index contributed by atoms with van der Waals surface area (Å²) in [5, 5.41) is 0.691. The molecule has 0 spiro atoms. The molecule has 0 amide bonds. The summed E-state index contributed by atoms with van der Waals surface area (Å²) in [5.41, 5.74) is 6.52. The van der Waals surface area contributed by atoms with Crippen LogP contribution in [0.3, 0.4) is 0 Å². The van der Waals surface area contributed by atoms with E-state index >= 15 is 0 Å². The van der Waals surface area contributed by atoms with Gasteiger partial charge in [-0.05, 0) is 61.1 Å². The molecule has 1 saturated carbocycles. The highest BCUT2D eigenvalue weighted by molar-refractivity contribution is 6.33. The molecule has 26 heavy (non-hydrogen) atoms. The Hall–Kier alpha value is -2.45. The van der Waals surface area contributed by atoms with Crippen LogP contribution in [0.4, 0.5) is 11.4 Å². The Morgan fingerprint density at radius 2 is 1.77 bits per heavy atom. The van der Waals surface area contributed by atoms with Crippen LogP contribution in [-0.2, 0) is 4.74 Å². The van der Waals surface area contributed by atoms with E-state index in [1.807, 2.05) is 18.2 Å². The molecule has 0 bridgehead atoms. The second-order valence-electron chi connectivity index (χ2n) is 6.69. The average Bonchev–Trinajstić information content (AvgIpc) is 2.67. The van der Waals surface area contributed by atoms with E-state index in [1.165, 1.54) is 24.0 Å². The van der Waals surface area contributed by atoms with Gasteiger partial charge < -0.3 is 9.64 Å². The first-order chi connectivity index (χ1) is 12.7. The number of benzene rings is 2. The molecule has 0 radical (unpaired) electrons. The van der Waals surface area contributed by atoms with Crippen LogP contribution < -0.4 is 4.90 Å². The Bertz CT molecular complexity index is 911. The molecule has 0 aromatic heterocycles. The van der Waals surface area contributed by atoms with E-state index in [1.54, 1.807) is 7.11 Å². The fraction of sp³-hybridized carbons (Fsp3) is 0.217. The zero-order valence-corrected chi connectivity index (χ0v) is 15.7. The third-order valence-electron chi connectivity index (χ3n) is 5.14. The molecular weight excluding hydrogens is 342 g/mol. The molecule has 0 unspecified atom stereocenters. The first-order valence-corrected chi connectivity index (χ1v) is 9.39. The van der Waals surface area contributed by atoms with Gasteiger partial charge >= 0.3 is 0 Å². The van der Waals surface area contributed by atoms with Crippen LogP contribution in [0.5, 0.6) is 0 Å². The number of hydrogen-bond acceptors (Lipinski definition) is 2. The molecule has 2 aromatic rings. The Morgan fingerprint density at radius 1 is 1.00 bits per heavy atom. The highest BCUT2D eigenvalue weighted by Gasteiger charge is 2.27. The summed E-state index contributed by atoms with van der Waals surface area (Å²) in [5.74, 6) is 0.873. The van der Waals surface area contributed by atoms with Gasteiger partial charge in [0.1, 0.15) is 5.76 Å². The molecule has 1 heterocycles. The minimum absolute atomic E-state index is 0.691. The number of rotatable bonds is 2. The Morgan fingerprint density at radius 3 is 2.54 bits per heavy atom. The number of ether oxygens (including phenoxy) is 1. The maximum Gasteiger partial charge on any atom is 0.129 e. The SMILES string of the molecule is C=C1/C(OC)=C2/CCCC/C2=C/N(c2ccccc2)c2cccc(Cl)c21. The van der Waals surface area contributed by atoms with Gasteiger partial charge in [-0.1, -0.05) is 42.4 Å². The smallest absolute Gasteiger partial charge is 0.129 e. The summed E-state index contributed by atoms with van der Waals surface area (Å²) >= 11 is 6.63. The number of nitrogens with zero attached hydrogens (tertiary/aromatic N) is 1. The van der Waals surface area contributed by atoms with Gasteiger partial charge in [0.05, 0.1) is 17.8 Å². The van der Waals surface area contributed by atoms with Gasteiger partial charge in [-0.2, -0.15) is 0 Å². The molecule has 1 aliphatic heterocycles. The molecule has 2 aromatic carbocycles. The van der Waals surface area contributed by atoms with Crippen molar-refractivity contribution in [3.63, 3.8) is 0 Å². The fourth-order valence-corrected chi connectivity index (χ4v) is 4.20. The summed E-state index contributed by atoms with van der Waals surface area (Å²) in [7, 11) is 1.73. The average molecular weight is 364 g/mol. The van der Waals surface area contributed by atoms with Crippen LogP contribution in [0, 0.1) is 0 Å². The van der Waals surface area contributed by atoms with Crippen LogP contribution in [0.2, 0.25) is 5.02 Å². The van der Waals surface area contributed by atoms with Gasteiger partial charge in [-0.25, -0.2) is 0 Å². The predicted molar refractivity (Wildman–Crippen MR) is 110 cm³/mol. The Balaban J connectivity index is 2.03. The summed E-state index contributed by atoms with van der Waals surface area (Å²) in [6, 6.07) is 16.4. The molecule has 132 valence electrons. The van der Waals surface area contributed by atoms with Crippen LogP contribution in [0.25, 0.3) is 5.57 Å². The number of anilines is 2. The first-order valence-electron chi connectivity index (χ1n) is 9.01. The van der Waals surface area contributed by atoms with Crippen molar-refractivity contribution in [2.75, 3.05) is 12.0 Å². The molecule has 2 aliphatic rings. The summed E-state index contributed by atoms with van der Waals surface area (Å²) < 4.78 is 5.82. The molecule has 0 saturated heterocycles.